The molecule has 0 aliphatic carbocycles. The Balaban J connectivity index is 2.52. The van der Waals surface area contributed by atoms with Gasteiger partial charge in [0.2, 0.25) is 0 Å². The highest BCUT2D eigenvalue weighted by Gasteiger charge is 2.14. The van der Waals surface area contributed by atoms with Gasteiger partial charge in [-0.2, -0.15) is 5.10 Å². The number of halogens is 1. The highest BCUT2D eigenvalue weighted by Crippen LogP contribution is 2.20. The molecule has 2 N–H and O–H groups in total. The van der Waals surface area contributed by atoms with Crippen LogP contribution in [0.3, 0.4) is 0 Å². The van der Waals surface area contributed by atoms with Crippen molar-refractivity contribution in [3.63, 3.8) is 0 Å². The highest BCUT2D eigenvalue weighted by atomic mass is 35.5. The molecule has 4 nitrogen and oxygen atoms in total. The third kappa shape index (κ3) is 3.97. The van der Waals surface area contributed by atoms with Crippen LogP contribution in [0.1, 0.15) is 31.7 Å². The second-order valence-electron chi connectivity index (χ2n) is 5.40. The van der Waals surface area contributed by atoms with Crippen molar-refractivity contribution in [2.45, 2.75) is 39.8 Å². The van der Waals surface area contributed by atoms with Crippen molar-refractivity contribution in [1.82, 2.24) is 14.7 Å². The maximum Gasteiger partial charge on any atom is 0.0860 e. The molecule has 0 aromatic carbocycles. The fourth-order valence-electron chi connectivity index (χ4n) is 1.89. The van der Waals surface area contributed by atoms with Gasteiger partial charge >= 0.3 is 0 Å². The molecule has 0 bridgehead atoms. The number of nitrogens with zero attached hydrogens (tertiary/aromatic N) is 3. The number of aryl methyl sites for hydroxylation is 2. The molecule has 0 fully saturated rings. The fraction of sp³-hybridized carbons (Fsp3) is 0.769. The van der Waals surface area contributed by atoms with Crippen LogP contribution in [-0.4, -0.2) is 34.3 Å². The third-order valence-corrected chi connectivity index (χ3v) is 3.87. The number of nitrogens with two attached hydrogens (primary N) is 1. The molecule has 0 aliphatic heterocycles. The van der Waals surface area contributed by atoms with Crippen LogP contribution < -0.4 is 5.73 Å². The Bertz CT molecular complexity index is 387. The molecule has 1 atom stereocenters. The van der Waals surface area contributed by atoms with Crippen LogP contribution in [0.15, 0.2) is 0 Å². The summed E-state index contributed by atoms with van der Waals surface area (Å²) in [5, 5.41) is 5.10. The lowest BCUT2D eigenvalue weighted by atomic mass is 10.0. The van der Waals surface area contributed by atoms with E-state index in [2.05, 4.69) is 30.9 Å². The van der Waals surface area contributed by atoms with Crippen molar-refractivity contribution in [3.05, 3.63) is 16.4 Å². The lowest BCUT2D eigenvalue weighted by Gasteiger charge is -2.21. The maximum absolute atomic E-state index is 6.24. The SMILES string of the molecule is Cc1nn(C)c(CN(C)CCC(N)C(C)C)c1Cl. The van der Waals surface area contributed by atoms with E-state index in [1.165, 1.54) is 0 Å². The van der Waals surface area contributed by atoms with Gasteiger partial charge in [0.1, 0.15) is 0 Å². The summed E-state index contributed by atoms with van der Waals surface area (Å²) in [5.74, 6) is 0.529. The van der Waals surface area contributed by atoms with E-state index in [0.717, 1.165) is 35.9 Å². The van der Waals surface area contributed by atoms with Crippen molar-refractivity contribution in [1.29, 1.82) is 0 Å². The molecule has 0 radical (unpaired) electrons. The second-order valence-corrected chi connectivity index (χ2v) is 5.78. The highest BCUT2D eigenvalue weighted by molar-refractivity contribution is 6.31. The van der Waals surface area contributed by atoms with E-state index in [1.54, 1.807) is 0 Å². The van der Waals surface area contributed by atoms with E-state index in [4.69, 9.17) is 17.3 Å². The van der Waals surface area contributed by atoms with Crippen LogP contribution in [0.4, 0.5) is 0 Å². The van der Waals surface area contributed by atoms with Gasteiger partial charge in [-0.25, -0.2) is 0 Å². The number of aromatic nitrogens is 2. The van der Waals surface area contributed by atoms with Gasteiger partial charge in [0.05, 0.1) is 16.4 Å². The van der Waals surface area contributed by atoms with E-state index in [9.17, 15) is 0 Å². The molecule has 1 aromatic rings. The first-order chi connectivity index (χ1) is 8.32. The van der Waals surface area contributed by atoms with Gasteiger partial charge in [-0.15, -0.1) is 0 Å². The van der Waals surface area contributed by atoms with Gasteiger partial charge in [0.25, 0.3) is 0 Å². The first kappa shape index (κ1) is 15.5. The predicted molar refractivity (Wildman–Crippen MR) is 76.7 cm³/mol. The van der Waals surface area contributed by atoms with Gasteiger partial charge in [0, 0.05) is 19.6 Å². The maximum atomic E-state index is 6.24. The largest absolute Gasteiger partial charge is 0.327 e. The molecular weight excluding hydrogens is 248 g/mol. The van der Waals surface area contributed by atoms with Crippen LogP contribution in [0.25, 0.3) is 0 Å². The summed E-state index contributed by atoms with van der Waals surface area (Å²) in [6.45, 7) is 8.03. The van der Waals surface area contributed by atoms with Crippen LogP contribution in [0.5, 0.6) is 0 Å². The molecule has 5 heteroatoms. The quantitative estimate of drug-likeness (QED) is 0.864. The minimum atomic E-state index is 0.260. The topological polar surface area (TPSA) is 47.1 Å². The summed E-state index contributed by atoms with van der Waals surface area (Å²) in [5.41, 5.74) is 8.01. The summed E-state index contributed by atoms with van der Waals surface area (Å²) in [6, 6.07) is 0.260. The first-order valence-corrected chi connectivity index (χ1v) is 6.82. The van der Waals surface area contributed by atoms with Crippen LogP contribution in [0.2, 0.25) is 5.02 Å². The predicted octanol–water partition coefficient (Wildman–Crippen LogP) is 2.19. The van der Waals surface area contributed by atoms with Gasteiger partial charge in [-0.3, -0.25) is 4.68 Å². The molecule has 18 heavy (non-hydrogen) atoms. The van der Waals surface area contributed by atoms with E-state index in [0.29, 0.717) is 5.92 Å². The lowest BCUT2D eigenvalue weighted by molar-refractivity contribution is 0.289. The van der Waals surface area contributed by atoms with Crippen molar-refractivity contribution in [3.8, 4) is 0 Å². The monoisotopic (exact) mass is 272 g/mol. The van der Waals surface area contributed by atoms with Crippen molar-refractivity contribution >= 4 is 11.6 Å². The van der Waals surface area contributed by atoms with Gasteiger partial charge in [0.15, 0.2) is 0 Å². The Hall–Kier alpha value is -0.580. The molecule has 0 saturated heterocycles. The van der Waals surface area contributed by atoms with Gasteiger partial charge in [-0.1, -0.05) is 25.4 Å². The Morgan fingerprint density at radius 3 is 2.50 bits per heavy atom. The minimum absolute atomic E-state index is 0.260. The average Bonchev–Trinajstić information content (AvgIpc) is 2.52. The summed E-state index contributed by atoms with van der Waals surface area (Å²) in [6.07, 6.45) is 1.00. The summed E-state index contributed by atoms with van der Waals surface area (Å²) in [4.78, 5) is 2.24. The molecule has 1 heterocycles. The molecule has 1 aromatic heterocycles. The molecule has 0 saturated carbocycles. The Labute approximate surface area is 115 Å². The summed E-state index contributed by atoms with van der Waals surface area (Å²) in [7, 11) is 4.02. The van der Waals surface area contributed by atoms with E-state index in [-0.39, 0.29) is 6.04 Å². The second kappa shape index (κ2) is 6.55. The smallest absolute Gasteiger partial charge is 0.0860 e. The summed E-state index contributed by atoms with van der Waals surface area (Å²) >= 11 is 6.24. The Morgan fingerprint density at radius 2 is 2.06 bits per heavy atom. The molecule has 1 rings (SSSR count). The molecule has 0 aliphatic rings. The molecule has 1 unspecified atom stereocenters. The third-order valence-electron chi connectivity index (χ3n) is 3.38. The van der Waals surface area contributed by atoms with Crippen LogP contribution >= 0.6 is 11.6 Å². The van der Waals surface area contributed by atoms with Crippen LogP contribution in [-0.2, 0) is 13.6 Å². The van der Waals surface area contributed by atoms with Gasteiger partial charge in [-0.05, 0) is 32.9 Å². The van der Waals surface area contributed by atoms with E-state index in [1.807, 2.05) is 18.7 Å². The first-order valence-electron chi connectivity index (χ1n) is 6.45. The Kier molecular flexibility index (Phi) is 5.63. The fourth-order valence-corrected chi connectivity index (χ4v) is 2.11. The normalized spacial score (nSPS) is 13.6. The zero-order valence-corrected chi connectivity index (χ0v) is 12.8. The van der Waals surface area contributed by atoms with E-state index >= 15 is 0 Å². The number of rotatable bonds is 6. The number of hydrogen-bond acceptors (Lipinski definition) is 3. The summed E-state index contributed by atoms with van der Waals surface area (Å²) < 4.78 is 1.86. The zero-order valence-electron chi connectivity index (χ0n) is 12.1. The molecule has 0 amide bonds. The van der Waals surface area contributed by atoms with Crippen molar-refractivity contribution < 1.29 is 0 Å². The van der Waals surface area contributed by atoms with Crippen molar-refractivity contribution in [2.24, 2.45) is 18.7 Å². The molecular formula is C13H25ClN4. The number of hydrogen-bond donors (Lipinski definition) is 1. The molecule has 104 valence electrons. The van der Waals surface area contributed by atoms with Crippen LogP contribution in [0, 0.1) is 12.8 Å². The van der Waals surface area contributed by atoms with E-state index < -0.39 is 0 Å². The van der Waals surface area contributed by atoms with Gasteiger partial charge < -0.3 is 10.6 Å². The zero-order chi connectivity index (χ0) is 13.9. The Morgan fingerprint density at radius 1 is 1.44 bits per heavy atom. The lowest BCUT2D eigenvalue weighted by Crippen LogP contribution is -2.32. The average molecular weight is 273 g/mol. The molecule has 0 spiro atoms. The minimum Gasteiger partial charge on any atom is -0.327 e. The van der Waals surface area contributed by atoms with Crippen molar-refractivity contribution in [2.75, 3.05) is 13.6 Å². The standard InChI is InChI=1S/C13H25ClN4/c1-9(2)11(15)6-7-17(4)8-12-13(14)10(3)16-18(12)5/h9,11H,6-8,15H2,1-5H3.